The van der Waals surface area contributed by atoms with E-state index in [2.05, 4.69) is 33.7 Å². The van der Waals surface area contributed by atoms with Gasteiger partial charge in [-0.15, -0.1) is 11.3 Å². The molecule has 0 radical (unpaired) electrons. The van der Waals surface area contributed by atoms with Gasteiger partial charge in [-0.05, 0) is 48.6 Å². The van der Waals surface area contributed by atoms with Crippen LogP contribution in [0.3, 0.4) is 0 Å². The van der Waals surface area contributed by atoms with Gasteiger partial charge in [0.2, 0.25) is 0 Å². The van der Waals surface area contributed by atoms with Crippen molar-refractivity contribution in [2.45, 2.75) is 23.6 Å². The number of nitrogens with one attached hydrogen (secondary N) is 1. The summed E-state index contributed by atoms with van der Waals surface area (Å²) >= 11 is 1.19. The number of fused-ring (bicyclic) bond motifs is 1. The minimum Gasteiger partial charge on any atom is -0.323 e. The van der Waals surface area contributed by atoms with Crippen LogP contribution in [0.15, 0.2) is 64.3 Å². The molecule has 0 saturated carbocycles. The third-order valence-electron chi connectivity index (χ3n) is 4.21. The molecule has 2 aromatic heterocycles. The number of hydrogen-bond acceptors (Lipinski definition) is 5. The normalized spacial score (nSPS) is 16.7. The second-order valence-electron chi connectivity index (χ2n) is 5.99. The second kappa shape index (κ2) is 6.16. The van der Waals surface area contributed by atoms with Crippen molar-refractivity contribution in [1.29, 1.82) is 0 Å². The molecule has 25 heavy (non-hydrogen) atoms. The van der Waals surface area contributed by atoms with Crippen LogP contribution in [0.5, 0.6) is 0 Å². The third-order valence-corrected chi connectivity index (χ3v) is 6.99. The van der Waals surface area contributed by atoms with Crippen LogP contribution >= 0.6 is 11.3 Å². The first kappa shape index (κ1) is 16.1. The maximum absolute atomic E-state index is 12.3. The predicted molar refractivity (Wildman–Crippen MR) is 101 cm³/mol. The Bertz CT molecular complexity index is 983. The van der Waals surface area contributed by atoms with Crippen LogP contribution in [0.2, 0.25) is 0 Å². The molecule has 4 rings (SSSR count). The minimum atomic E-state index is -3.55. The van der Waals surface area contributed by atoms with Gasteiger partial charge < -0.3 is 4.90 Å². The van der Waals surface area contributed by atoms with E-state index in [-0.39, 0.29) is 0 Å². The summed E-state index contributed by atoms with van der Waals surface area (Å²) in [6, 6.07) is 15.5. The molecule has 3 aromatic rings. The Kier molecular flexibility index (Phi) is 3.97. The average Bonchev–Trinajstić information content (AvgIpc) is 3.23. The van der Waals surface area contributed by atoms with Gasteiger partial charge in [-0.2, -0.15) is 0 Å². The summed E-state index contributed by atoms with van der Waals surface area (Å²) in [6.45, 7) is 2.16. The summed E-state index contributed by atoms with van der Waals surface area (Å²) in [7, 11) is -3.55. The molecule has 128 valence electrons. The summed E-state index contributed by atoms with van der Waals surface area (Å²) in [5.74, 6) is 0.816. The lowest BCUT2D eigenvalue weighted by Gasteiger charge is -2.24. The molecule has 0 saturated heterocycles. The van der Waals surface area contributed by atoms with Crippen LogP contribution in [0, 0.1) is 0 Å². The Balaban J connectivity index is 1.59. The molecular weight excluding hydrogens is 354 g/mol. The Morgan fingerprint density at radius 1 is 1.16 bits per heavy atom. The quantitative estimate of drug-likeness (QED) is 0.752. The van der Waals surface area contributed by atoms with Gasteiger partial charge in [0, 0.05) is 11.7 Å². The fourth-order valence-electron chi connectivity index (χ4n) is 3.13. The van der Waals surface area contributed by atoms with Gasteiger partial charge in [0.1, 0.15) is 10.0 Å². The summed E-state index contributed by atoms with van der Waals surface area (Å²) in [5, 5.41) is 1.74. The Labute approximate surface area is 151 Å². The standard InChI is InChI=1S/C18H17N3O2S2/c1-13-11-14-5-2-3-6-16(14)21(13)17-9-8-15(12-19-17)20-25(22,23)18-7-4-10-24-18/h2-10,12-13,20H,11H2,1H3. The SMILES string of the molecule is CC1Cc2ccccc2N1c1ccc(NS(=O)(=O)c2cccs2)cn1. The molecule has 0 amide bonds. The van der Waals surface area contributed by atoms with Gasteiger partial charge in [0.25, 0.3) is 10.0 Å². The fourth-order valence-corrected chi connectivity index (χ4v) is 5.16. The van der Waals surface area contributed by atoms with E-state index < -0.39 is 10.0 Å². The number of benzene rings is 1. The highest BCUT2D eigenvalue weighted by atomic mass is 32.2. The molecule has 0 fully saturated rings. The molecule has 7 heteroatoms. The molecule has 3 heterocycles. The highest BCUT2D eigenvalue weighted by molar-refractivity contribution is 7.94. The van der Waals surface area contributed by atoms with Crippen LogP contribution in [0.4, 0.5) is 17.2 Å². The smallest absolute Gasteiger partial charge is 0.271 e. The van der Waals surface area contributed by atoms with Gasteiger partial charge in [-0.25, -0.2) is 13.4 Å². The summed E-state index contributed by atoms with van der Waals surface area (Å²) in [4.78, 5) is 6.67. The lowest BCUT2D eigenvalue weighted by atomic mass is 10.1. The van der Waals surface area contributed by atoms with Gasteiger partial charge in [-0.1, -0.05) is 24.3 Å². The number of aromatic nitrogens is 1. The van der Waals surface area contributed by atoms with E-state index in [0.29, 0.717) is 15.9 Å². The van der Waals surface area contributed by atoms with E-state index in [1.165, 1.54) is 16.9 Å². The molecule has 1 atom stereocenters. The summed E-state index contributed by atoms with van der Waals surface area (Å²) in [6.07, 6.45) is 2.54. The van der Waals surface area contributed by atoms with Crippen molar-refractivity contribution in [3.8, 4) is 0 Å². The Morgan fingerprint density at radius 3 is 2.72 bits per heavy atom. The first-order chi connectivity index (χ1) is 12.0. The van der Waals surface area contributed by atoms with E-state index >= 15 is 0 Å². The Hall–Kier alpha value is -2.38. The average molecular weight is 371 g/mol. The zero-order valence-corrected chi connectivity index (χ0v) is 15.2. The summed E-state index contributed by atoms with van der Waals surface area (Å²) < 4.78 is 27.4. The topological polar surface area (TPSA) is 62.3 Å². The molecule has 0 spiro atoms. The van der Waals surface area contributed by atoms with E-state index in [0.717, 1.165) is 17.9 Å². The van der Waals surface area contributed by atoms with Gasteiger partial charge in [0.05, 0.1) is 11.9 Å². The number of para-hydroxylation sites is 1. The number of pyridine rings is 1. The lowest BCUT2D eigenvalue weighted by Crippen LogP contribution is -2.24. The number of rotatable bonds is 4. The number of thiophene rings is 1. The third kappa shape index (κ3) is 3.01. The molecule has 1 aromatic carbocycles. The van der Waals surface area contributed by atoms with Crippen LogP contribution in [0.25, 0.3) is 0 Å². The first-order valence-electron chi connectivity index (χ1n) is 7.94. The molecule has 1 aliphatic rings. The number of nitrogens with zero attached hydrogens (tertiary/aromatic N) is 2. The lowest BCUT2D eigenvalue weighted by molar-refractivity contribution is 0.603. The van der Waals surface area contributed by atoms with Crippen molar-refractivity contribution in [1.82, 2.24) is 4.98 Å². The van der Waals surface area contributed by atoms with Crippen LogP contribution < -0.4 is 9.62 Å². The molecule has 5 nitrogen and oxygen atoms in total. The van der Waals surface area contributed by atoms with Crippen molar-refractivity contribution in [3.63, 3.8) is 0 Å². The van der Waals surface area contributed by atoms with Gasteiger partial charge in [0.15, 0.2) is 0 Å². The maximum atomic E-state index is 12.3. The number of hydrogen-bond donors (Lipinski definition) is 1. The molecule has 1 unspecified atom stereocenters. The van der Waals surface area contributed by atoms with Crippen molar-refractivity contribution in [2.24, 2.45) is 0 Å². The van der Waals surface area contributed by atoms with Crippen LogP contribution in [-0.2, 0) is 16.4 Å². The molecular formula is C18H17N3O2S2. The molecule has 1 aliphatic heterocycles. The van der Waals surface area contributed by atoms with Gasteiger partial charge in [-0.3, -0.25) is 4.72 Å². The summed E-state index contributed by atoms with van der Waals surface area (Å²) in [5.41, 5.74) is 2.92. The number of anilines is 3. The van der Waals surface area contributed by atoms with Crippen LogP contribution in [-0.4, -0.2) is 19.4 Å². The first-order valence-corrected chi connectivity index (χ1v) is 10.3. The highest BCUT2D eigenvalue weighted by Crippen LogP contribution is 2.37. The number of sulfonamides is 1. The molecule has 1 N–H and O–H groups in total. The van der Waals surface area contributed by atoms with Crippen molar-refractivity contribution in [2.75, 3.05) is 9.62 Å². The predicted octanol–water partition coefficient (Wildman–Crippen LogP) is 4.03. The highest BCUT2D eigenvalue weighted by Gasteiger charge is 2.27. The zero-order valence-electron chi connectivity index (χ0n) is 13.6. The zero-order chi connectivity index (χ0) is 17.4. The largest absolute Gasteiger partial charge is 0.323 e. The minimum absolute atomic E-state index is 0.290. The van der Waals surface area contributed by atoms with E-state index in [9.17, 15) is 8.42 Å². The van der Waals surface area contributed by atoms with Crippen LogP contribution in [0.1, 0.15) is 12.5 Å². The fraction of sp³-hybridized carbons (Fsp3) is 0.167. The maximum Gasteiger partial charge on any atom is 0.271 e. The van der Waals surface area contributed by atoms with E-state index in [4.69, 9.17) is 0 Å². The van der Waals surface area contributed by atoms with Crippen molar-refractivity contribution in [3.05, 3.63) is 65.7 Å². The van der Waals surface area contributed by atoms with E-state index in [1.54, 1.807) is 29.8 Å². The Morgan fingerprint density at radius 2 is 2.00 bits per heavy atom. The van der Waals surface area contributed by atoms with Gasteiger partial charge >= 0.3 is 0 Å². The van der Waals surface area contributed by atoms with Crippen molar-refractivity contribution >= 4 is 38.6 Å². The monoisotopic (exact) mass is 371 g/mol. The van der Waals surface area contributed by atoms with Crippen molar-refractivity contribution < 1.29 is 8.42 Å². The molecule has 0 bridgehead atoms. The second-order valence-corrected chi connectivity index (χ2v) is 8.85. The molecule has 0 aliphatic carbocycles. The van der Waals surface area contributed by atoms with E-state index in [1.807, 2.05) is 18.2 Å².